The topological polar surface area (TPSA) is 46.2 Å². The van der Waals surface area contributed by atoms with Crippen molar-refractivity contribution in [3.8, 4) is 0 Å². The molecule has 0 aliphatic rings. The van der Waals surface area contributed by atoms with Crippen LogP contribution < -0.4 is 4.72 Å². The van der Waals surface area contributed by atoms with E-state index in [1.165, 1.54) is 23.9 Å². The van der Waals surface area contributed by atoms with Crippen LogP contribution in [0, 0.1) is 5.82 Å². The third-order valence-corrected chi connectivity index (χ3v) is 5.38. The van der Waals surface area contributed by atoms with Crippen molar-refractivity contribution in [3.63, 3.8) is 0 Å². The largest absolute Gasteiger partial charge is 0.244 e. The van der Waals surface area contributed by atoms with Crippen LogP contribution in [0.3, 0.4) is 0 Å². The summed E-state index contributed by atoms with van der Waals surface area (Å²) in [5, 5.41) is 0. The lowest BCUT2D eigenvalue weighted by Crippen LogP contribution is -2.34. The zero-order valence-corrected chi connectivity index (χ0v) is 12.6. The second kappa shape index (κ2) is 6.17. The Morgan fingerprint density at radius 3 is 2.71 bits per heavy atom. The maximum absolute atomic E-state index is 13.5. The summed E-state index contributed by atoms with van der Waals surface area (Å²) in [6.45, 7) is 1.74. The van der Waals surface area contributed by atoms with Crippen LogP contribution in [0.15, 0.2) is 27.6 Å². The third-order valence-electron chi connectivity index (χ3n) is 1.96. The highest BCUT2D eigenvalue weighted by molar-refractivity contribution is 9.10. The lowest BCUT2D eigenvalue weighted by molar-refractivity contribution is 0.548. The third kappa shape index (κ3) is 3.94. The highest BCUT2D eigenvalue weighted by Gasteiger charge is 2.23. The fourth-order valence-corrected chi connectivity index (χ4v) is 4.40. The van der Waals surface area contributed by atoms with Crippen molar-refractivity contribution in [2.24, 2.45) is 0 Å². The van der Waals surface area contributed by atoms with Gasteiger partial charge >= 0.3 is 0 Å². The molecular formula is C10H13BrFNO2S2. The lowest BCUT2D eigenvalue weighted by atomic mass is 10.3. The van der Waals surface area contributed by atoms with Gasteiger partial charge in [0.25, 0.3) is 0 Å². The number of thioether (sulfide) groups is 1. The quantitative estimate of drug-likeness (QED) is 0.895. The standard InChI is InChI=1S/C10H13BrFNO2S2/c1-7(6-16-2)13-17(14,15)10-8(11)4-3-5-9(10)12/h3-5,7,13H,6H2,1-2H3/t7-/m1/s1. The molecule has 0 aliphatic carbocycles. The van der Waals surface area contributed by atoms with Crippen molar-refractivity contribution in [2.75, 3.05) is 12.0 Å². The molecule has 3 nitrogen and oxygen atoms in total. The van der Waals surface area contributed by atoms with Gasteiger partial charge in [0.05, 0.1) is 0 Å². The van der Waals surface area contributed by atoms with Crippen LogP contribution in [-0.2, 0) is 10.0 Å². The van der Waals surface area contributed by atoms with Crippen molar-refractivity contribution in [1.82, 2.24) is 4.72 Å². The van der Waals surface area contributed by atoms with Crippen molar-refractivity contribution in [3.05, 3.63) is 28.5 Å². The molecule has 0 heterocycles. The number of benzene rings is 1. The van der Waals surface area contributed by atoms with Gasteiger partial charge in [-0.05, 0) is 41.2 Å². The molecule has 17 heavy (non-hydrogen) atoms. The summed E-state index contributed by atoms with van der Waals surface area (Å²) >= 11 is 4.57. The van der Waals surface area contributed by atoms with Gasteiger partial charge in [-0.1, -0.05) is 6.07 Å². The van der Waals surface area contributed by atoms with E-state index in [0.29, 0.717) is 5.75 Å². The zero-order chi connectivity index (χ0) is 13.1. The van der Waals surface area contributed by atoms with Gasteiger partial charge in [-0.15, -0.1) is 0 Å². The van der Waals surface area contributed by atoms with Crippen LogP contribution in [0.25, 0.3) is 0 Å². The smallest absolute Gasteiger partial charge is 0.207 e. The average Bonchev–Trinajstić information content (AvgIpc) is 2.15. The molecule has 1 aromatic rings. The summed E-state index contributed by atoms with van der Waals surface area (Å²) in [6.07, 6.45) is 1.88. The Balaban J connectivity index is 3.06. The summed E-state index contributed by atoms with van der Waals surface area (Å²) in [5.41, 5.74) is 0. The number of hydrogen-bond donors (Lipinski definition) is 1. The minimum absolute atomic E-state index is 0.223. The number of sulfonamides is 1. The summed E-state index contributed by atoms with van der Waals surface area (Å²) in [7, 11) is -3.83. The molecule has 0 bridgehead atoms. The molecule has 1 rings (SSSR count). The van der Waals surface area contributed by atoms with Crippen molar-refractivity contribution >= 4 is 37.7 Å². The number of rotatable bonds is 5. The number of halogens is 2. The maximum Gasteiger partial charge on any atom is 0.244 e. The molecule has 0 aromatic heterocycles. The van der Waals surface area contributed by atoms with E-state index in [2.05, 4.69) is 20.7 Å². The highest BCUT2D eigenvalue weighted by atomic mass is 79.9. The molecular weight excluding hydrogens is 329 g/mol. The van der Waals surface area contributed by atoms with E-state index >= 15 is 0 Å². The summed E-state index contributed by atoms with van der Waals surface area (Å²) in [6, 6.07) is 3.82. The Morgan fingerprint density at radius 1 is 1.53 bits per heavy atom. The van der Waals surface area contributed by atoms with Gasteiger partial charge in [0, 0.05) is 16.3 Å². The lowest BCUT2D eigenvalue weighted by Gasteiger charge is -2.14. The van der Waals surface area contributed by atoms with Crippen LogP contribution in [0.4, 0.5) is 4.39 Å². The first-order valence-corrected chi connectivity index (χ1v) is 8.50. The van der Waals surface area contributed by atoms with E-state index in [-0.39, 0.29) is 15.4 Å². The molecule has 1 atom stereocenters. The van der Waals surface area contributed by atoms with Gasteiger partial charge in [-0.25, -0.2) is 17.5 Å². The minimum atomic E-state index is -3.83. The van der Waals surface area contributed by atoms with Gasteiger partial charge in [0.1, 0.15) is 10.7 Å². The Kier molecular flexibility index (Phi) is 5.43. The van der Waals surface area contributed by atoms with Crippen LogP contribution in [0.5, 0.6) is 0 Å². The number of hydrogen-bond acceptors (Lipinski definition) is 3. The van der Waals surface area contributed by atoms with Gasteiger partial charge < -0.3 is 0 Å². The Hall–Kier alpha value is -0.110. The summed E-state index contributed by atoms with van der Waals surface area (Å²) in [4.78, 5) is -0.340. The van der Waals surface area contributed by atoms with E-state index in [1.807, 2.05) is 6.26 Å². The molecule has 0 radical (unpaired) electrons. The summed E-state index contributed by atoms with van der Waals surface area (Å²) in [5.74, 6) is -0.131. The van der Waals surface area contributed by atoms with E-state index in [0.717, 1.165) is 6.07 Å². The first-order chi connectivity index (χ1) is 7.88. The number of nitrogens with one attached hydrogen (secondary N) is 1. The van der Waals surface area contributed by atoms with Crippen LogP contribution in [0.1, 0.15) is 6.92 Å². The Morgan fingerprint density at radius 2 is 2.18 bits per heavy atom. The Labute approximate surface area is 113 Å². The predicted molar refractivity (Wildman–Crippen MR) is 72.3 cm³/mol. The second-order valence-corrected chi connectivity index (χ2v) is 6.94. The first-order valence-electron chi connectivity index (χ1n) is 4.83. The SMILES string of the molecule is CSC[C@@H](C)NS(=O)(=O)c1c(F)cccc1Br. The molecule has 0 unspecified atom stereocenters. The Bertz CT molecular complexity index is 473. The van der Waals surface area contributed by atoms with Crippen molar-refractivity contribution in [2.45, 2.75) is 17.9 Å². The first kappa shape index (κ1) is 14.9. The maximum atomic E-state index is 13.5. The average molecular weight is 342 g/mol. The van der Waals surface area contributed by atoms with E-state index in [4.69, 9.17) is 0 Å². The molecule has 0 fully saturated rings. The molecule has 7 heteroatoms. The normalized spacial score (nSPS) is 13.6. The van der Waals surface area contributed by atoms with Crippen LogP contribution in [0.2, 0.25) is 0 Å². The second-order valence-electron chi connectivity index (χ2n) is 3.53. The molecule has 0 aliphatic heterocycles. The van der Waals surface area contributed by atoms with Crippen LogP contribution in [-0.4, -0.2) is 26.5 Å². The highest BCUT2D eigenvalue weighted by Crippen LogP contribution is 2.24. The fraction of sp³-hybridized carbons (Fsp3) is 0.400. The zero-order valence-electron chi connectivity index (χ0n) is 9.41. The summed E-state index contributed by atoms with van der Waals surface area (Å²) < 4.78 is 40.1. The van der Waals surface area contributed by atoms with Crippen LogP contribution >= 0.6 is 27.7 Å². The molecule has 96 valence electrons. The minimum Gasteiger partial charge on any atom is -0.207 e. The predicted octanol–water partition coefficient (Wildman–Crippen LogP) is 2.62. The molecule has 1 N–H and O–H groups in total. The van der Waals surface area contributed by atoms with Gasteiger partial charge in [0.15, 0.2) is 0 Å². The monoisotopic (exact) mass is 341 g/mol. The van der Waals surface area contributed by atoms with Gasteiger partial charge in [0.2, 0.25) is 10.0 Å². The molecule has 1 aromatic carbocycles. The van der Waals surface area contributed by atoms with Gasteiger partial charge in [-0.2, -0.15) is 11.8 Å². The van der Waals surface area contributed by atoms with E-state index in [9.17, 15) is 12.8 Å². The van der Waals surface area contributed by atoms with Crippen molar-refractivity contribution < 1.29 is 12.8 Å². The molecule has 0 saturated heterocycles. The molecule has 0 amide bonds. The molecule has 0 spiro atoms. The van der Waals surface area contributed by atoms with Gasteiger partial charge in [-0.3, -0.25) is 0 Å². The van der Waals surface area contributed by atoms with Crippen molar-refractivity contribution in [1.29, 1.82) is 0 Å². The molecule has 0 saturated carbocycles. The van der Waals surface area contributed by atoms with E-state index < -0.39 is 15.8 Å². The fourth-order valence-electron chi connectivity index (χ4n) is 1.35. The van der Waals surface area contributed by atoms with E-state index in [1.54, 1.807) is 6.92 Å².